The molecule has 0 bridgehead atoms. The van der Waals surface area contributed by atoms with Crippen molar-refractivity contribution < 1.29 is 4.74 Å². The van der Waals surface area contributed by atoms with Gasteiger partial charge in [0.05, 0.1) is 6.61 Å². The average molecular weight is 246 g/mol. The molecule has 2 aromatic rings. The van der Waals surface area contributed by atoms with Crippen molar-refractivity contribution in [3.8, 4) is 0 Å². The number of rotatable bonds is 4. The summed E-state index contributed by atoms with van der Waals surface area (Å²) < 4.78 is 5.68. The molecule has 0 aliphatic carbocycles. The standard InChI is InChI=1S/C13H14N2OS/c1-16-9-11-8-13(17)15-12(14-11)7-10-5-3-2-4-6-10/h2-6,8H,7,9H2,1H3,(H,14,15,17). The maximum atomic E-state index is 5.13. The van der Waals surface area contributed by atoms with Gasteiger partial charge in [0.25, 0.3) is 0 Å². The van der Waals surface area contributed by atoms with E-state index in [2.05, 4.69) is 22.1 Å². The van der Waals surface area contributed by atoms with Gasteiger partial charge < -0.3 is 9.72 Å². The van der Waals surface area contributed by atoms with Crippen molar-refractivity contribution in [2.24, 2.45) is 0 Å². The van der Waals surface area contributed by atoms with Gasteiger partial charge in [-0.1, -0.05) is 42.5 Å². The van der Waals surface area contributed by atoms with Crippen LogP contribution in [0.4, 0.5) is 0 Å². The first kappa shape index (κ1) is 12.0. The van der Waals surface area contributed by atoms with Crippen molar-refractivity contribution in [2.75, 3.05) is 7.11 Å². The molecular formula is C13H14N2OS. The third-order valence-electron chi connectivity index (χ3n) is 2.36. The third kappa shape index (κ3) is 3.47. The fraction of sp³-hybridized carbons (Fsp3) is 0.231. The Morgan fingerprint density at radius 2 is 2.06 bits per heavy atom. The maximum absolute atomic E-state index is 5.13. The van der Waals surface area contributed by atoms with Gasteiger partial charge in [-0.2, -0.15) is 0 Å². The molecule has 0 amide bonds. The molecule has 0 radical (unpaired) electrons. The summed E-state index contributed by atoms with van der Waals surface area (Å²) in [5.41, 5.74) is 2.17. The molecule has 0 atom stereocenters. The quantitative estimate of drug-likeness (QED) is 0.843. The van der Waals surface area contributed by atoms with Crippen LogP contribution in [0.3, 0.4) is 0 Å². The Bertz CT molecular complexity index is 537. The minimum Gasteiger partial charge on any atom is -0.378 e. The van der Waals surface area contributed by atoms with Gasteiger partial charge in [0.1, 0.15) is 10.5 Å². The smallest absolute Gasteiger partial charge is 0.130 e. The molecule has 2 rings (SSSR count). The molecule has 0 saturated heterocycles. The Balaban J connectivity index is 2.24. The van der Waals surface area contributed by atoms with Gasteiger partial charge in [0.15, 0.2) is 0 Å². The van der Waals surface area contributed by atoms with Crippen LogP contribution in [0.1, 0.15) is 17.1 Å². The van der Waals surface area contributed by atoms with Crippen LogP contribution < -0.4 is 0 Å². The molecule has 0 unspecified atom stereocenters. The Kier molecular flexibility index (Phi) is 4.01. The van der Waals surface area contributed by atoms with Crippen molar-refractivity contribution in [1.82, 2.24) is 9.97 Å². The number of ether oxygens (including phenoxy) is 1. The van der Waals surface area contributed by atoms with Crippen LogP contribution in [0.5, 0.6) is 0 Å². The summed E-state index contributed by atoms with van der Waals surface area (Å²) in [4.78, 5) is 7.55. The van der Waals surface area contributed by atoms with Gasteiger partial charge in [-0.05, 0) is 11.6 Å². The van der Waals surface area contributed by atoms with Gasteiger partial charge in [0, 0.05) is 19.2 Å². The highest BCUT2D eigenvalue weighted by Crippen LogP contribution is 2.06. The molecule has 0 aliphatic rings. The van der Waals surface area contributed by atoms with Crippen LogP contribution in [0.2, 0.25) is 0 Å². The summed E-state index contributed by atoms with van der Waals surface area (Å²) in [6.45, 7) is 0.522. The predicted molar refractivity (Wildman–Crippen MR) is 69.4 cm³/mol. The summed E-state index contributed by atoms with van der Waals surface area (Å²) in [6, 6.07) is 12.0. The third-order valence-corrected chi connectivity index (χ3v) is 2.57. The molecule has 1 N–H and O–H groups in total. The van der Waals surface area contributed by atoms with Crippen LogP contribution >= 0.6 is 12.2 Å². The van der Waals surface area contributed by atoms with Gasteiger partial charge in [0.2, 0.25) is 0 Å². The van der Waals surface area contributed by atoms with Crippen molar-refractivity contribution in [3.05, 3.63) is 58.1 Å². The Morgan fingerprint density at radius 1 is 1.29 bits per heavy atom. The molecule has 1 heterocycles. The van der Waals surface area contributed by atoms with E-state index >= 15 is 0 Å². The molecule has 3 nitrogen and oxygen atoms in total. The summed E-state index contributed by atoms with van der Waals surface area (Å²) in [5, 5.41) is 0. The van der Waals surface area contributed by atoms with Crippen LogP contribution in [-0.2, 0) is 17.8 Å². The van der Waals surface area contributed by atoms with Crippen molar-refractivity contribution in [1.29, 1.82) is 0 Å². The molecule has 0 saturated carbocycles. The zero-order valence-corrected chi connectivity index (χ0v) is 10.5. The van der Waals surface area contributed by atoms with Crippen LogP contribution in [0.25, 0.3) is 0 Å². The highest BCUT2D eigenvalue weighted by Gasteiger charge is 2.00. The van der Waals surface area contributed by atoms with E-state index in [1.807, 2.05) is 24.3 Å². The number of hydrogen-bond donors (Lipinski definition) is 1. The second-order valence-electron chi connectivity index (χ2n) is 3.79. The number of hydrogen-bond acceptors (Lipinski definition) is 3. The van der Waals surface area contributed by atoms with E-state index in [1.165, 1.54) is 5.56 Å². The monoisotopic (exact) mass is 246 g/mol. The lowest BCUT2D eigenvalue weighted by atomic mass is 10.1. The second kappa shape index (κ2) is 5.70. The van der Waals surface area contributed by atoms with Crippen LogP contribution in [0.15, 0.2) is 36.4 Å². The minimum absolute atomic E-state index is 0.522. The molecule has 17 heavy (non-hydrogen) atoms. The van der Waals surface area contributed by atoms with Gasteiger partial charge >= 0.3 is 0 Å². The molecule has 4 heteroatoms. The predicted octanol–water partition coefficient (Wildman–Crippen LogP) is 2.88. The zero-order valence-electron chi connectivity index (χ0n) is 9.64. The molecule has 0 aliphatic heterocycles. The molecule has 0 spiro atoms. The van der Waals surface area contributed by atoms with Gasteiger partial charge in [-0.25, -0.2) is 4.98 Å². The largest absolute Gasteiger partial charge is 0.378 e. The number of aromatic amines is 1. The van der Waals surface area contributed by atoms with E-state index in [0.29, 0.717) is 11.2 Å². The lowest BCUT2D eigenvalue weighted by Crippen LogP contribution is -2.01. The Labute approximate surface area is 105 Å². The highest BCUT2D eigenvalue weighted by molar-refractivity contribution is 7.71. The van der Waals surface area contributed by atoms with Crippen molar-refractivity contribution in [3.63, 3.8) is 0 Å². The van der Waals surface area contributed by atoms with Gasteiger partial charge in [-0.3, -0.25) is 0 Å². The first-order valence-electron chi connectivity index (χ1n) is 5.40. The topological polar surface area (TPSA) is 37.9 Å². The Morgan fingerprint density at radius 3 is 2.76 bits per heavy atom. The number of methoxy groups -OCH3 is 1. The first-order valence-corrected chi connectivity index (χ1v) is 5.81. The summed E-state index contributed by atoms with van der Waals surface area (Å²) in [5.74, 6) is 0.871. The average Bonchev–Trinajstić information content (AvgIpc) is 2.30. The lowest BCUT2D eigenvalue weighted by molar-refractivity contribution is 0.181. The molecule has 0 fully saturated rings. The van der Waals surface area contributed by atoms with Crippen molar-refractivity contribution >= 4 is 12.2 Å². The Hall–Kier alpha value is -1.52. The number of nitrogens with one attached hydrogen (secondary N) is 1. The second-order valence-corrected chi connectivity index (χ2v) is 4.20. The summed E-state index contributed by atoms with van der Waals surface area (Å²) >= 11 is 5.13. The van der Waals surface area contributed by atoms with E-state index in [4.69, 9.17) is 17.0 Å². The fourth-order valence-corrected chi connectivity index (χ4v) is 1.92. The number of benzene rings is 1. The number of nitrogens with zero attached hydrogens (tertiary/aromatic N) is 1. The van der Waals surface area contributed by atoms with E-state index in [0.717, 1.165) is 17.9 Å². The highest BCUT2D eigenvalue weighted by atomic mass is 32.1. The van der Waals surface area contributed by atoms with Gasteiger partial charge in [-0.15, -0.1) is 0 Å². The van der Waals surface area contributed by atoms with Crippen molar-refractivity contribution in [2.45, 2.75) is 13.0 Å². The minimum atomic E-state index is 0.522. The van der Waals surface area contributed by atoms with Crippen LogP contribution in [-0.4, -0.2) is 17.1 Å². The normalized spacial score (nSPS) is 10.4. The maximum Gasteiger partial charge on any atom is 0.130 e. The zero-order chi connectivity index (χ0) is 12.1. The molecular weight excluding hydrogens is 232 g/mol. The first-order chi connectivity index (χ1) is 8.28. The number of aromatic nitrogens is 2. The van der Waals surface area contributed by atoms with E-state index < -0.39 is 0 Å². The number of H-pyrrole nitrogens is 1. The fourth-order valence-electron chi connectivity index (χ4n) is 1.67. The van der Waals surface area contributed by atoms with E-state index in [-0.39, 0.29) is 0 Å². The molecule has 1 aromatic carbocycles. The molecule has 1 aromatic heterocycles. The van der Waals surface area contributed by atoms with E-state index in [1.54, 1.807) is 7.11 Å². The van der Waals surface area contributed by atoms with Crippen LogP contribution in [0, 0.1) is 4.64 Å². The lowest BCUT2D eigenvalue weighted by Gasteiger charge is -2.05. The summed E-state index contributed by atoms with van der Waals surface area (Å²) in [7, 11) is 1.66. The SMILES string of the molecule is COCc1cc(=S)nc(Cc2ccccc2)[nH]1. The summed E-state index contributed by atoms with van der Waals surface area (Å²) in [6.07, 6.45) is 0.752. The van der Waals surface area contributed by atoms with E-state index in [9.17, 15) is 0 Å². The molecule has 88 valence electrons.